The molecule has 0 radical (unpaired) electrons. The Balaban J connectivity index is 2.32. The molecular weight excluding hydrogens is 312 g/mol. The number of nitro benzene ring substituents is 1. The van der Waals surface area contributed by atoms with Gasteiger partial charge in [0.15, 0.2) is 5.75 Å². The molecule has 2 atom stereocenters. The molecule has 1 aromatic rings. The summed E-state index contributed by atoms with van der Waals surface area (Å²) in [6.45, 7) is 0. The summed E-state index contributed by atoms with van der Waals surface area (Å²) in [5.74, 6) is 0.0468. The zero-order valence-electron chi connectivity index (χ0n) is 12.1. The van der Waals surface area contributed by atoms with Crippen LogP contribution in [0.15, 0.2) is 18.2 Å². The molecule has 9 heteroatoms. The van der Waals surface area contributed by atoms with E-state index in [0.717, 1.165) is 25.2 Å². The van der Waals surface area contributed by atoms with Crippen molar-refractivity contribution in [3.63, 3.8) is 0 Å². The maximum absolute atomic E-state index is 11.4. The average molecular weight is 330 g/mol. The zero-order valence-corrected chi connectivity index (χ0v) is 12.9. The molecule has 0 bridgehead atoms. The summed E-state index contributed by atoms with van der Waals surface area (Å²) in [6.07, 6.45) is 2.79. The van der Waals surface area contributed by atoms with Crippen LogP contribution >= 0.6 is 0 Å². The number of benzene rings is 1. The number of nitrogens with zero attached hydrogens (tertiary/aromatic N) is 1. The van der Waals surface area contributed by atoms with Crippen LogP contribution in [-0.4, -0.2) is 36.9 Å². The van der Waals surface area contributed by atoms with Crippen molar-refractivity contribution in [2.24, 2.45) is 0 Å². The van der Waals surface area contributed by atoms with E-state index in [4.69, 9.17) is 4.74 Å². The molecule has 0 saturated heterocycles. The van der Waals surface area contributed by atoms with Crippen LogP contribution in [0.25, 0.3) is 0 Å². The molecule has 0 spiro atoms. The first kappa shape index (κ1) is 16.5. The molecule has 2 N–H and O–H groups in total. The Bertz CT molecular complexity index is 660. The third-order valence-corrected chi connectivity index (χ3v) is 4.01. The third kappa shape index (κ3) is 4.31. The fourth-order valence-electron chi connectivity index (χ4n) is 2.38. The second kappa shape index (κ2) is 6.49. The molecule has 8 nitrogen and oxygen atoms in total. The van der Waals surface area contributed by atoms with Crippen LogP contribution in [-0.2, 0) is 10.0 Å². The molecule has 1 saturated carbocycles. The van der Waals surface area contributed by atoms with Gasteiger partial charge in [-0.25, -0.2) is 8.42 Å². The SMILES string of the molecule is CS(=O)(=O)Nc1ccc([N+](=O)[O-])cc1OC1CCCC[C@H]1O. The highest BCUT2D eigenvalue weighted by Crippen LogP contribution is 2.33. The molecule has 22 heavy (non-hydrogen) atoms. The number of nitro groups is 1. The van der Waals surface area contributed by atoms with Gasteiger partial charge in [-0.15, -0.1) is 0 Å². The van der Waals surface area contributed by atoms with Crippen LogP contribution in [0.3, 0.4) is 0 Å². The van der Waals surface area contributed by atoms with Gasteiger partial charge in [0.05, 0.1) is 29.0 Å². The van der Waals surface area contributed by atoms with Crippen molar-refractivity contribution in [3.05, 3.63) is 28.3 Å². The van der Waals surface area contributed by atoms with Gasteiger partial charge in [0.2, 0.25) is 10.0 Å². The summed E-state index contributed by atoms with van der Waals surface area (Å²) < 4.78 is 30.7. The highest BCUT2D eigenvalue weighted by Gasteiger charge is 2.26. The summed E-state index contributed by atoms with van der Waals surface area (Å²) in [7, 11) is -3.55. The highest BCUT2D eigenvalue weighted by molar-refractivity contribution is 7.92. The second-order valence-electron chi connectivity index (χ2n) is 5.32. The Labute approximate surface area is 128 Å². The lowest BCUT2D eigenvalue weighted by Crippen LogP contribution is -2.34. The molecule has 1 unspecified atom stereocenters. The third-order valence-electron chi connectivity index (χ3n) is 3.42. The number of anilines is 1. The minimum Gasteiger partial charge on any atom is -0.485 e. The van der Waals surface area contributed by atoms with E-state index < -0.39 is 27.2 Å². The Hall–Kier alpha value is -1.87. The zero-order chi connectivity index (χ0) is 16.3. The maximum atomic E-state index is 11.4. The maximum Gasteiger partial charge on any atom is 0.273 e. The van der Waals surface area contributed by atoms with Crippen molar-refractivity contribution < 1.29 is 23.2 Å². The largest absolute Gasteiger partial charge is 0.485 e. The van der Waals surface area contributed by atoms with Crippen molar-refractivity contribution in [1.29, 1.82) is 0 Å². The van der Waals surface area contributed by atoms with Crippen molar-refractivity contribution >= 4 is 21.4 Å². The van der Waals surface area contributed by atoms with Gasteiger partial charge in [0, 0.05) is 6.07 Å². The van der Waals surface area contributed by atoms with E-state index in [0.29, 0.717) is 12.8 Å². The quantitative estimate of drug-likeness (QED) is 0.626. The van der Waals surface area contributed by atoms with Crippen molar-refractivity contribution in [2.45, 2.75) is 37.9 Å². The fourth-order valence-corrected chi connectivity index (χ4v) is 2.95. The molecule has 2 rings (SSSR count). The van der Waals surface area contributed by atoms with E-state index in [1.807, 2.05) is 0 Å². The number of ether oxygens (including phenoxy) is 1. The number of rotatable bonds is 5. The first-order valence-corrected chi connectivity index (χ1v) is 8.76. The van der Waals surface area contributed by atoms with E-state index in [1.54, 1.807) is 0 Å². The second-order valence-corrected chi connectivity index (χ2v) is 7.07. The van der Waals surface area contributed by atoms with Crippen LogP contribution in [0, 0.1) is 10.1 Å². The topological polar surface area (TPSA) is 119 Å². The minimum absolute atomic E-state index is 0.0468. The summed E-state index contributed by atoms with van der Waals surface area (Å²) >= 11 is 0. The number of aliphatic hydroxyl groups excluding tert-OH is 1. The van der Waals surface area contributed by atoms with Crippen molar-refractivity contribution in [1.82, 2.24) is 0 Å². The van der Waals surface area contributed by atoms with E-state index >= 15 is 0 Å². The minimum atomic E-state index is -3.55. The normalized spacial score (nSPS) is 22.1. The number of sulfonamides is 1. The average Bonchev–Trinajstić information content (AvgIpc) is 2.41. The van der Waals surface area contributed by atoms with Gasteiger partial charge in [-0.05, 0) is 25.3 Å². The van der Waals surface area contributed by atoms with Gasteiger partial charge in [0.1, 0.15) is 6.10 Å². The van der Waals surface area contributed by atoms with E-state index in [-0.39, 0.29) is 17.1 Å². The van der Waals surface area contributed by atoms with Crippen LogP contribution in [0.4, 0.5) is 11.4 Å². The molecule has 1 aromatic carbocycles. The smallest absolute Gasteiger partial charge is 0.273 e. The monoisotopic (exact) mass is 330 g/mol. The van der Waals surface area contributed by atoms with Gasteiger partial charge in [-0.3, -0.25) is 14.8 Å². The van der Waals surface area contributed by atoms with Crippen LogP contribution < -0.4 is 9.46 Å². The van der Waals surface area contributed by atoms with Crippen LogP contribution in [0.2, 0.25) is 0 Å². The van der Waals surface area contributed by atoms with E-state index in [2.05, 4.69) is 4.72 Å². The lowest BCUT2D eigenvalue weighted by molar-refractivity contribution is -0.384. The summed E-state index contributed by atoms with van der Waals surface area (Å²) in [5.41, 5.74) is -0.0924. The first-order valence-electron chi connectivity index (χ1n) is 6.87. The van der Waals surface area contributed by atoms with Crippen LogP contribution in [0.1, 0.15) is 25.7 Å². The predicted octanol–water partition coefficient (Wildman–Crippen LogP) is 1.65. The number of hydrogen-bond acceptors (Lipinski definition) is 6. The van der Waals surface area contributed by atoms with Gasteiger partial charge < -0.3 is 9.84 Å². The standard InChI is InChI=1S/C13H18N2O6S/c1-22(19,20)14-10-7-6-9(15(17)18)8-13(10)21-12-5-3-2-4-11(12)16/h6-8,11-12,14,16H,2-5H2,1H3/t11-,12?/m1/s1. The van der Waals surface area contributed by atoms with E-state index in [9.17, 15) is 23.6 Å². The molecule has 1 aliphatic rings. The summed E-state index contributed by atoms with van der Waals surface area (Å²) in [4.78, 5) is 10.3. The first-order chi connectivity index (χ1) is 10.3. The molecule has 0 aliphatic heterocycles. The van der Waals surface area contributed by atoms with Gasteiger partial charge >= 0.3 is 0 Å². The fraction of sp³-hybridized carbons (Fsp3) is 0.538. The number of non-ortho nitro benzene ring substituents is 1. The molecule has 122 valence electrons. The van der Waals surface area contributed by atoms with E-state index in [1.165, 1.54) is 12.1 Å². The van der Waals surface area contributed by atoms with Gasteiger partial charge in [0.25, 0.3) is 5.69 Å². The number of aliphatic hydroxyl groups is 1. The lowest BCUT2D eigenvalue weighted by Gasteiger charge is -2.28. The van der Waals surface area contributed by atoms with Crippen molar-refractivity contribution in [2.75, 3.05) is 11.0 Å². The van der Waals surface area contributed by atoms with Crippen molar-refractivity contribution in [3.8, 4) is 5.75 Å². The molecule has 1 fully saturated rings. The molecule has 1 aliphatic carbocycles. The summed E-state index contributed by atoms with van der Waals surface area (Å²) in [6, 6.07) is 3.64. The molecular formula is C13H18N2O6S. The van der Waals surface area contributed by atoms with Gasteiger partial charge in [-0.2, -0.15) is 0 Å². The molecule has 0 heterocycles. The Morgan fingerprint density at radius 3 is 2.64 bits per heavy atom. The molecule has 0 amide bonds. The summed E-state index contributed by atoms with van der Waals surface area (Å²) in [5, 5.41) is 20.8. The van der Waals surface area contributed by atoms with Gasteiger partial charge in [-0.1, -0.05) is 6.42 Å². The predicted molar refractivity (Wildman–Crippen MR) is 80.5 cm³/mol. The highest BCUT2D eigenvalue weighted by atomic mass is 32.2. The molecule has 0 aromatic heterocycles. The van der Waals surface area contributed by atoms with Crippen LogP contribution in [0.5, 0.6) is 5.75 Å². The Kier molecular flexibility index (Phi) is 4.87. The number of hydrogen-bond donors (Lipinski definition) is 2. The Morgan fingerprint density at radius 1 is 1.36 bits per heavy atom. The Morgan fingerprint density at radius 2 is 2.05 bits per heavy atom. The number of nitrogens with one attached hydrogen (secondary N) is 1. The lowest BCUT2D eigenvalue weighted by atomic mass is 9.95.